The van der Waals surface area contributed by atoms with Crippen molar-refractivity contribution in [3.05, 3.63) is 29.1 Å². The predicted octanol–water partition coefficient (Wildman–Crippen LogP) is 3.18. The molecule has 0 saturated heterocycles. The highest BCUT2D eigenvalue weighted by molar-refractivity contribution is 9.09. The van der Waals surface area contributed by atoms with Gasteiger partial charge < -0.3 is 0 Å². The van der Waals surface area contributed by atoms with Gasteiger partial charge in [-0.3, -0.25) is 4.98 Å². The van der Waals surface area contributed by atoms with Crippen LogP contribution in [0.4, 0.5) is 0 Å². The molecule has 60 valence electrons. The lowest BCUT2D eigenvalue weighted by Crippen LogP contribution is -1.91. The minimum Gasteiger partial charge on any atom is -0.261 e. The SMILES string of the molecule is Cc1cc(CBr)c(CBr)cn1. The molecular formula is C8H9Br2N. The van der Waals surface area contributed by atoms with E-state index in [1.54, 1.807) is 0 Å². The number of pyridine rings is 1. The molecule has 0 unspecified atom stereocenters. The zero-order chi connectivity index (χ0) is 8.27. The van der Waals surface area contributed by atoms with E-state index in [0.29, 0.717) is 0 Å². The van der Waals surface area contributed by atoms with E-state index in [1.807, 2.05) is 13.1 Å². The highest BCUT2D eigenvalue weighted by Gasteiger charge is 1.99. The van der Waals surface area contributed by atoms with E-state index in [-0.39, 0.29) is 0 Å². The first-order valence-electron chi connectivity index (χ1n) is 3.34. The highest BCUT2D eigenvalue weighted by atomic mass is 79.9. The number of aryl methyl sites for hydroxylation is 1. The third-order valence-electron chi connectivity index (χ3n) is 1.51. The zero-order valence-electron chi connectivity index (χ0n) is 6.27. The lowest BCUT2D eigenvalue weighted by Gasteiger charge is -2.03. The Morgan fingerprint density at radius 3 is 2.45 bits per heavy atom. The van der Waals surface area contributed by atoms with Crippen LogP contribution in [0.15, 0.2) is 12.3 Å². The molecule has 1 nitrogen and oxygen atoms in total. The molecule has 0 bridgehead atoms. The molecule has 0 fully saturated rings. The Labute approximate surface area is 83.5 Å². The maximum absolute atomic E-state index is 4.21. The first-order valence-corrected chi connectivity index (χ1v) is 5.58. The van der Waals surface area contributed by atoms with E-state index >= 15 is 0 Å². The predicted molar refractivity (Wildman–Crippen MR) is 54.2 cm³/mol. The molecule has 0 aromatic carbocycles. The van der Waals surface area contributed by atoms with Gasteiger partial charge in [-0.1, -0.05) is 31.9 Å². The Bertz CT molecular complexity index is 248. The number of alkyl halides is 2. The van der Waals surface area contributed by atoms with Gasteiger partial charge in [-0.2, -0.15) is 0 Å². The Morgan fingerprint density at radius 1 is 1.27 bits per heavy atom. The first kappa shape index (κ1) is 9.20. The lowest BCUT2D eigenvalue weighted by molar-refractivity contribution is 1.13. The third kappa shape index (κ3) is 2.27. The lowest BCUT2D eigenvalue weighted by atomic mass is 10.2. The summed E-state index contributed by atoms with van der Waals surface area (Å²) in [5.41, 5.74) is 3.64. The smallest absolute Gasteiger partial charge is 0.0375 e. The van der Waals surface area contributed by atoms with E-state index in [4.69, 9.17) is 0 Å². The van der Waals surface area contributed by atoms with Gasteiger partial charge in [0.15, 0.2) is 0 Å². The fourth-order valence-electron chi connectivity index (χ4n) is 0.889. The van der Waals surface area contributed by atoms with Crippen molar-refractivity contribution in [2.24, 2.45) is 0 Å². The molecule has 0 aliphatic heterocycles. The van der Waals surface area contributed by atoms with Crippen molar-refractivity contribution < 1.29 is 0 Å². The standard InChI is InChI=1S/C8H9Br2N/c1-6-2-7(3-9)8(4-10)5-11-6/h2,5H,3-4H2,1H3. The molecule has 0 radical (unpaired) electrons. The number of rotatable bonds is 2. The topological polar surface area (TPSA) is 12.9 Å². The van der Waals surface area contributed by atoms with Gasteiger partial charge in [0.1, 0.15) is 0 Å². The molecular weight excluding hydrogens is 270 g/mol. The Kier molecular flexibility index (Phi) is 3.52. The van der Waals surface area contributed by atoms with Crippen LogP contribution >= 0.6 is 31.9 Å². The molecule has 11 heavy (non-hydrogen) atoms. The minimum absolute atomic E-state index is 0.876. The van der Waals surface area contributed by atoms with E-state index in [1.165, 1.54) is 11.1 Å². The molecule has 0 spiro atoms. The fourth-order valence-corrected chi connectivity index (χ4v) is 1.92. The van der Waals surface area contributed by atoms with Crippen LogP contribution in [0.5, 0.6) is 0 Å². The molecule has 0 N–H and O–H groups in total. The zero-order valence-corrected chi connectivity index (χ0v) is 9.44. The van der Waals surface area contributed by atoms with Crippen molar-refractivity contribution in [2.45, 2.75) is 17.6 Å². The second kappa shape index (κ2) is 4.21. The van der Waals surface area contributed by atoms with E-state index < -0.39 is 0 Å². The molecule has 1 aromatic rings. The fraction of sp³-hybridized carbons (Fsp3) is 0.375. The Balaban J connectivity index is 3.06. The van der Waals surface area contributed by atoms with Crippen LogP contribution in [0.3, 0.4) is 0 Å². The first-order chi connectivity index (χ1) is 5.27. The number of aromatic nitrogens is 1. The highest BCUT2D eigenvalue weighted by Crippen LogP contribution is 2.15. The monoisotopic (exact) mass is 277 g/mol. The molecule has 3 heteroatoms. The van der Waals surface area contributed by atoms with Gasteiger partial charge in [-0.15, -0.1) is 0 Å². The molecule has 1 aromatic heterocycles. The molecule has 1 rings (SSSR count). The van der Waals surface area contributed by atoms with Gasteiger partial charge in [-0.05, 0) is 24.1 Å². The minimum atomic E-state index is 0.876. The van der Waals surface area contributed by atoms with Gasteiger partial charge in [0, 0.05) is 22.6 Å². The van der Waals surface area contributed by atoms with Crippen LogP contribution in [-0.4, -0.2) is 4.98 Å². The number of hydrogen-bond acceptors (Lipinski definition) is 1. The van der Waals surface area contributed by atoms with Crippen LogP contribution in [-0.2, 0) is 10.7 Å². The van der Waals surface area contributed by atoms with Crippen LogP contribution in [0.2, 0.25) is 0 Å². The van der Waals surface area contributed by atoms with Crippen molar-refractivity contribution in [1.29, 1.82) is 0 Å². The third-order valence-corrected chi connectivity index (χ3v) is 2.72. The number of halogens is 2. The maximum Gasteiger partial charge on any atom is 0.0375 e. The molecule has 0 aliphatic carbocycles. The van der Waals surface area contributed by atoms with Gasteiger partial charge in [0.25, 0.3) is 0 Å². The van der Waals surface area contributed by atoms with Crippen molar-refractivity contribution >= 4 is 31.9 Å². The quantitative estimate of drug-likeness (QED) is 0.758. The van der Waals surface area contributed by atoms with Crippen LogP contribution in [0.25, 0.3) is 0 Å². The average molecular weight is 279 g/mol. The summed E-state index contributed by atoms with van der Waals surface area (Å²) in [6.45, 7) is 2.00. The summed E-state index contributed by atoms with van der Waals surface area (Å²) < 4.78 is 0. The van der Waals surface area contributed by atoms with Crippen molar-refractivity contribution in [3.8, 4) is 0 Å². The Hall–Kier alpha value is 0.110. The van der Waals surface area contributed by atoms with E-state index in [0.717, 1.165) is 16.4 Å². The number of hydrogen-bond donors (Lipinski definition) is 0. The average Bonchev–Trinajstić information content (AvgIpc) is 2.04. The molecule has 0 atom stereocenters. The van der Waals surface area contributed by atoms with Crippen molar-refractivity contribution in [2.75, 3.05) is 0 Å². The van der Waals surface area contributed by atoms with Crippen LogP contribution < -0.4 is 0 Å². The van der Waals surface area contributed by atoms with Gasteiger partial charge in [0.05, 0.1) is 0 Å². The molecule has 0 aliphatic rings. The Morgan fingerprint density at radius 2 is 1.91 bits per heavy atom. The summed E-state index contributed by atoms with van der Waals surface area (Å²) in [6.07, 6.45) is 1.92. The van der Waals surface area contributed by atoms with Crippen LogP contribution in [0, 0.1) is 6.92 Å². The normalized spacial score (nSPS) is 10.1. The molecule has 1 heterocycles. The van der Waals surface area contributed by atoms with Gasteiger partial charge in [-0.25, -0.2) is 0 Å². The van der Waals surface area contributed by atoms with Gasteiger partial charge >= 0.3 is 0 Å². The maximum atomic E-state index is 4.21. The van der Waals surface area contributed by atoms with E-state index in [9.17, 15) is 0 Å². The summed E-state index contributed by atoms with van der Waals surface area (Å²) in [5.74, 6) is 0. The van der Waals surface area contributed by atoms with Gasteiger partial charge in [0.2, 0.25) is 0 Å². The molecule has 0 saturated carbocycles. The van der Waals surface area contributed by atoms with Crippen molar-refractivity contribution in [3.63, 3.8) is 0 Å². The second-order valence-electron chi connectivity index (χ2n) is 2.36. The second-order valence-corrected chi connectivity index (χ2v) is 3.48. The van der Waals surface area contributed by atoms with E-state index in [2.05, 4.69) is 42.9 Å². The summed E-state index contributed by atoms with van der Waals surface area (Å²) in [5, 5.41) is 1.78. The van der Waals surface area contributed by atoms with Crippen LogP contribution in [0.1, 0.15) is 16.8 Å². The summed E-state index contributed by atoms with van der Waals surface area (Å²) in [4.78, 5) is 4.21. The summed E-state index contributed by atoms with van der Waals surface area (Å²) in [7, 11) is 0. The van der Waals surface area contributed by atoms with Crippen molar-refractivity contribution in [1.82, 2.24) is 4.98 Å². The summed E-state index contributed by atoms with van der Waals surface area (Å²) >= 11 is 6.85. The number of nitrogens with zero attached hydrogens (tertiary/aromatic N) is 1. The summed E-state index contributed by atoms with van der Waals surface area (Å²) in [6, 6.07) is 2.10. The molecule has 0 amide bonds. The largest absolute Gasteiger partial charge is 0.261 e.